The van der Waals surface area contributed by atoms with E-state index in [1.165, 1.54) is 24.4 Å². The summed E-state index contributed by atoms with van der Waals surface area (Å²) in [5.41, 5.74) is -0.182. The number of aryl methyl sites for hydroxylation is 1. The molecule has 0 radical (unpaired) electrons. The van der Waals surface area contributed by atoms with Crippen molar-refractivity contribution in [1.29, 1.82) is 0 Å². The van der Waals surface area contributed by atoms with Crippen LogP contribution in [0.3, 0.4) is 0 Å². The molecular weight excluding hydrogens is 404 g/mol. The lowest BCUT2D eigenvalue weighted by Crippen LogP contribution is -2.16. The third-order valence-electron chi connectivity index (χ3n) is 3.56. The molecule has 1 N–H and O–H groups in total. The van der Waals surface area contributed by atoms with E-state index >= 15 is 0 Å². The van der Waals surface area contributed by atoms with Crippen molar-refractivity contribution in [1.82, 2.24) is 14.8 Å². The minimum atomic E-state index is -4.54. The highest BCUT2D eigenvalue weighted by Crippen LogP contribution is 2.34. The number of amides is 1. The number of nitrogens with zero attached hydrogens (tertiary/aromatic N) is 3. The molecule has 2 aromatic heterocycles. The molecule has 0 aliphatic carbocycles. The number of carbonyl (C=O) groups is 1. The third-order valence-corrected chi connectivity index (χ3v) is 4.09. The van der Waals surface area contributed by atoms with E-state index < -0.39 is 17.6 Å². The monoisotopic (exact) mass is 414 g/mol. The average molecular weight is 415 g/mol. The molecule has 3 aromatic rings. The van der Waals surface area contributed by atoms with Crippen molar-refractivity contribution in [3.8, 4) is 5.69 Å². The van der Waals surface area contributed by atoms with Crippen LogP contribution >= 0.6 is 23.2 Å². The number of alkyl halides is 3. The first-order valence-corrected chi connectivity index (χ1v) is 8.27. The zero-order chi connectivity index (χ0) is 19.8. The molecule has 0 aliphatic heterocycles. The normalized spacial score (nSPS) is 11.5. The smallest absolute Gasteiger partial charge is 0.306 e. The van der Waals surface area contributed by atoms with E-state index in [0.717, 1.165) is 22.9 Å². The Labute approximate surface area is 161 Å². The van der Waals surface area contributed by atoms with E-state index in [-0.39, 0.29) is 27.2 Å². The summed E-state index contributed by atoms with van der Waals surface area (Å²) < 4.78 is 40.2. The lowest BCUT2D eigenvalue weighted by molar-refractivity contribution is -0.137. The molecule has 140 valence electrons. The number of halogens is 5. The Morgan fingerprint density at radius 1 is 1.15 bits per heavy atom. The number of nitrogens with one attached hydrogen (secondary N) is 1. The van der Waals surface area contributed by atoms with Gasteiger partial charge in [0.25, 0.3) is 5.91 Å². The molecule has 0 atom stereocenters. The second-order valence-electron chi connectivity index (χ2n) is 5.57. The SMILES string of the molecule is Cc1cc(NC(=O)c2ccnc(Cl)c2)n(-c2cc(C(F)(F)F)ccc2Cl)n1. The van der Waals surface area contributed by atoms with Gasteiger partial charge in [0, 0.05) is 17.8 Å². The fourth-order valence-corrected chi connectivity index (χ4v) is 2.73. The third kappa shape index (κ3) is 4.23. The highest BCUT2D eigenvalue weighted by Gasteiger charge is 2.31. The molecule has 0 unspecified atom stereocenters. The molecule has 0 bridgehead atoms. The fraction of sp³-hybridized carbons (Fsp3) is 0.118. The Balaban J connectivity index is 2.01. The molecule has 0 fully saturated rings. The van der Waals surface area contributed by atoms with Crippen molar-refractivity contribution in [2.45, 2.75) is 13.1 Å². The van der Waals surface area contributed by atoms with Crippen LogP contribution in [0.5, 0.6) is 0 Å². The van der Waals surface area contributed by atoms with Gasteiger partial charge in [-0.25, -0.2) is 9.67 Å². The quantitative estimate of drug-likeness (QED) is 0.602. The van der Waals surface area contributed by atoms with Gasteiger partial charge in [-0.3, -0.25) is 4.79 Å². The molecule has 1 amide bonds. The number of hydrogen-bond acceptors (Lipinski definition) is 3. The lowest BCUT2D eigenvalue weighted by atomic mass is 10.2. The van der Waals surface area contributed by atoms with Crippen LogP contribution in [0.4, 0.5) is 19.0 Å². The zero-order valence-electron chi connectivity index (χ0n) is 13.7. The molecular formula is C17H11Cl2F3N4O. The molecule has 27 heavy (non-hydrogen) atoms. The summed E-state index contributed by atoms with van der Waals surface area (Å²) in [5, 5.41) is 6.92. The second-order valence-corrected chi connectivity index (χ2v) is 6.36. The van der Waals surface area contributed by atoms with Gasteiger partial charge < -0.3 is 5.32 Å². The van der Waals surface area contributed by atoms with Crippen LogP contribution in [0, 0.1) is 6.92 Å². The fourth-order valence-electron chi connectivity index (χ4n) is 2.36. The molecule has 0 saturated heterocycles. The summed E-state index contributed by atoms with van der Waals surface area (Å²) in [5.74, 6) is -0.366. The molecule has 2 heterocycles. The first-order chi connectivity index (χ1) is 12.6. The first kappa shape index (κ1) is 19.2. The summed E-state index contributed by atoms with van der Waals surface area (Å²) in [6.45, 7) is 1.64. The molecule has 0 aliphatic rings. The van der Waals surface area contributed by atoms with Crippen molar-refractivity contribution < 1.29 is 18.0 Å². The van der Waals surface area contributed by atoms with Gasteiger partial charge in [0.2, 0.25) is 0 Å². The Kier molecular flexibility index (Phi) is 5.12. The van der Waals surface area contributed by atoms with E-state index in [1.807, 2.05) is 0 Å². The Bertz CT molecular complexity index is 1020. The Morgan fingerprint density at radius 3 is 2.56 bits per heavy atom. The zero-order valence-corrected chi connectivity index (χ0v) is 15.2. The molecule has 0 spiro atoms. The molecule has 5 nitrogen and oxygen atoms in total. The van der Waals surface area contributed by atoms with Crippen LogP contribution in [0.25, 0.3) is 5.69 Å². The number of aromatic nitrogens is 3. The van der Waals surface area contributed by atoms with Gasteiger partial charge in [0.05, 0.1) is 22.0 Å². The van der Waals surface area contributed by atoms with Gasteiger partial charge in [-0.1, -0.05) is 23.2 Å². The topological polar surface area (TPSA) is 59.8 Å². The largest absolute Gasteiger partial charge is 0.416 e. The van der Waals surface area contributed by atoms with E-state index in [9.17, 15) is 18.0 Å². The van der Waals surface area contributed by atoms with Crippen molar-refractivity contribution in [3.63, 3.8) is 0 Å². The average Bonchev–Trinajstić information content (AvgIpc) is 2.94. The molecule has 1 aromatic carbocycles. The predicted octanol–water partition coefficient (Wildman–Crippen LogP) is 5.15. The summed E-state index contributed by atoms with van der Waals surface area (Å²) >= 11 is 11.8. The van der Waals surface area contributed by atoms with Gasteiger partial charge in [0.15, 0.2) is 0 Å². The van der Waals surface area contributed by atoms with Crippen LogP contribution < -0.4 is 5.32 Å². The van der Waals surface area contributed by atoms with Crippen LogP contribution in [-0.2, 0) is 6.18 Å². The number of carbonyl (C=O) groups excluding carboxylic acids is 1. The van der Waals surface area contributed by atoms with Gasteiger partial charge in [-0.2, -0.15) is 18.3 Å². The number of benzene rings is 1. The maximum Gasteiger partial charge on any atom is 0.416 e. The van der Waals surface area contributed by atoms with Gasteiger partial charge in [-0.05, 0) is 37.3 Å². The number of hydrogen-bond donors (Lipinski definition) is 1. The summed E-state index contributed by atoms with van der Waals surface area (Å²) in [6.07, 6.45) is -3.18. The van der Waals surface area contributed by atoms with Crippen LogP contribution in [-0.4, -0.2) is 20.7 Å². The van der Waals surface area contributed by atoms with Crippen molar-refractivity contribution in [3.05, 3.63) is 69.6 Å². The highest BCUT2D eigenvalue weighted by atomic mass is 35.5. The molecule has 0 saturated carbocycles. The maximum absolute atomic E-state index is 13.0. The van der Waals surface area contributed by atoms with Crippen molar-refractivity contribution >= 4 is 34.9 Å². The van der Waals surface area contributed by atoms with E-state index in [2.05, 4.69) is 15.4 Å². The van der Waals surface area contributed by atoms with Crippen LogP contribution in [0.1, 0.15) is 21.6 Å². The number of anilines is 1. The van der Waals surface area contributed by atoms with Crippen LogP contribution in [0.15, 0.2) is 42.6 Å². The van der Waals surface area contributed by atoms with Gasteiger partial charge in [0.1, 0.15) is 11.0 Å². The molecule has 10 heteroatoms. The van der Waals surface area contributed by atoms with E-state index in [4.69, 9.17) is 23.2 Å². The number of pyridine rings is 1. The molecule has 3 rings (SSSR count). The lowest BCUT2D eigenvalue weighted by Gasteiger charge is -2.13. The van der Waals surface area contributed by atoms with Crippen LogP contribution in [0.2, 0.25) is 10.2 Å². The van der Waals surface area contributed by atoms with Crippen molar-refractivity contribution in [2.75, 3.05) is 5.32 Å². The summed E-state index contributed by atoms with van der Waals surface area (Å²) in [7, 11) is 0. The summed E-state index contributed by atoms with van der Waals surface area (Å²) in [6, 6.07) is 7.20. The van der Waals surface area contributed by atoms with Gasteiger partial charge in [-0.15, -0.1) is 0 Å². The van der Waals surface area contributed by atoms with E-state index in [1.54, 1.807) is 6.92 Å². The Morgan fingerprint density at radius 2 is 1.89 bits per heavy atom. The highest BCUT2D eigenvalue weighted by molar-refractivity contribution is 6.32. The second kappa shape index (κ2) is 7.21. The Hall–Kier alpha value is -2.58. The van der Waals surface area contributed by atoms with E-state index in [0.29, 0.717) is 5.69 Å². The standard InChI is InChI=1S/C17H11Cl2F3N4O/c1-9-6-15(24-16(27)10-4-5-23-14(19)7-10)26(25-9)13-8-11(17(20,21)22)2-3-12(13)18/h2-8H,1H3,(H,24,27). The minimum absolute atomic E-state index is 0.0114. The number of rotatable bonds is 3. The summed E-state index contributed by atoms with van der Waals surface area (Å²) in [4.78, 5) is 16.2. The first-order valence-electron chi connectivity index (χ1n) is 7.52. The van der Waals surface area contributed by atoms with Gasteiger partial charge >= 0.3 is 6.18 Å². The minimum Gasteiger partial charge on any atom is -0.306 e. The maximum atomic E-state index is 13.0. The van der Waals surface area contributed by atoms with Crippen molar-refractivity contribution in [2.24, 2.45) is 0 Å². The predicted molar refractivity (Wildman–Crippen MR) is 95.5 cm³/mol.